The number of anilines is 2. The molecule has 1 aromatic carbocycles. The maximum absolute atomic E-state index is 5.90. The highest BCUT2D eigenvalue weighted by atomic mass is 35.5. The first-order valence-corrected chi connectivity index (χ1v) is 5.84. The average Bonchev–Trinajstić information content (AvgIpc) is 2.23. The van der Waals surface area contributed by atoms with E-state index in [0.29, 0.717) is 10.7 Å². The lowest BCUT2D eigenvalue weighted by Gasteiger charge is -2.32. The lowest BCUT2D eigenvalue weighted by molar-refractivity contribution is 0.438. The van der Waals surface area contributed by atoms with Crippen LogP contribution in [-0.4, -0.2) is 13.1 Å². The third kappa shape index (κ3) is 2.37. The van der Waals surface area contributed by atoms with Crippen LogP contribution in [0.2, 0.25) is 5.02 Å². The van der Waals surface area contributed by atoms with Gasteiger partial charge in [0.1, 0.15) is 0 Å². The molecule has 1 saturated heterocycles. The van der Waals surface area contributed by atoms with E-state index in [-0.39, 0.29) is 0 Å². The van der Waals surface area contributed by atoms with E-state index in [9.17, 15) is 0 Å². The molecule has 1 aliphatic heterocycles. The van der Waals surface area contributed by atoms with Gasteiger partial charge in [-0.3, -0.25) is 0 Å². The number of nitrogens with zero attached hydrogens (tertiary/aromatic N) is 1. The molecule has 0 atom stereocenters. The van der Waals surface area contributed by atoms with Crippen molar-refractivity contribution in [2.75, 3.05) is 23.7 Å². The summed E-state index contributed by atoms with van der Waals surface area (Å²) < 4.78 is 0. The normalized spacial score (nSPS) is 18.1. The molecular weight excluding hydrogens is 208 g/mol. The number of piperidine rings is 1. The van der Waals surface area contributed by atoms with E-state index >= 15 is 0 Å². The molecule has 1 aliphatic rings. The Morgan fingerprint density at radius 3 is 2.60 bits per heavy atom. The van der Waals surface area contributed by atoms with Gasteiger partial charge in [-0.1, -0.05) is 18.5 Å². The number of nitrogens with two attached hydrogens (primary N) is 1. The Balaban J connectivity index is 2.12. The van der Waals surface area contributed by atoms with Crippen molar-refractivity contribution in [2.24, 2.45) is 5.92 Å². The molecule has 0 radical (unpaired) electrons. The van der Waals surface area contributed by atoms with Crippen molar-refractivity contribution >= 4 is 23.0 Å². The predicted molar refractivity (Wildman–Crippen MR) is 66.5 cm³/mol. The Morgan fingerprint density at radius 1 is 1.33 bits per heavy atom. The van der Waals surface area contributed by atoms with Gasteiger partial charge < -0.3 is 10.6 Å². The molecule has 0 spiro atoms. The molecule has 1 fully saturated rings. The maximum Gasteiger partial charge on any atom is 0.0636 e. The van der Waals surface area contributed by atoms with E-state index < -0.39 is 0 Å². The van der Waals surface area contributed by atoms with Crippen LogP contribution in [0, 0.1) is 5.92 Å². The molecule has 0 aromatic heterocycles. The standard InChI is InChI=1S/C12H17ClN2/c1-9-4-6-15(7-5-9)10-2-3-11(13)12(14)8-10/h2-3,8-9H,4-7,14H2,1H3. The fourth-order valence-corrected chi connectivity index (χ4v) is 2.11. The summed E-state index contributed by atoms with van der Waals surface area (Å²) in [6.07, 6.45) is 2.53. The molecule has 2 rings (SSSR count). The number of nitrogen functional groups attached to an aromatic ring is 1. The van der Waals surface area contributed by atoms with E-state index in [1.54, 1.807) is 0 Å². The fourth-order valence-electron chi connectivity index (χ4n) is 1.99. The van der Waals surface area contributed by atoms with E-state index in [2.05, 4.69) is 17.9 Å². The molecule has 2 nitrogen and oxygen atoms in total. The zero-order valence-electron chi connectivity index (χ0n) is 9.04. The summed E-state index contributed by atoms with van der Waals surface area (Å²) in [5.74, 6) is 0.853. The number of halogens is 1. The van der Waals surface area contributed by atoms with Crippen molar-refractivity contribution in [1.29, 1.82) is 0 Å². The lowest BCUT2D eigenvalue weighted by Crippen LogP contribution is -2.32. The second-order valence-corrected chi connectivity index (χ2v) is 4.78. The minimum absolute atomic E-state index is 0.643. The molecular formula is C12H17ClN2. The number of hydrogen-bond donors (Lipinski definition) is 1. The lowest BCUT2D eigenvalue weighted by atomic mass is 9.99. The molecule has 0 aliphatic carbocycles. The van der Waals surface area contributed by atoms with Crippen LogP contribution < -0.4 is 10.6 Å². The summed E-state index contributed by atoms with van der Waals surface area (Å²) in [4.78, 5) is 2.38. The zero-order valence-corrected chi connectivity index (χ0v) is 9.80. The van der Waals surface area contributed by atoms with Crippen molar-refractivity contribution in [2.45, 2.75) is 19.8 Å². The molecule has 82 valence electrons. The van der Waals surface area contributed by atoms with Crippen LogP contribution in [0.4, 0.5) is 11.4 Å². The van der Waals surface area contributed by atoms with Gasteiger partial charge in [0.25, 0.3) is 0 Å². The van der Waals surface area contributed by atoms with Gasteiger partial charge in [0, 0.05) is 18.8 Å². The maximum atomic E-state index is 5.90. The minimum atomic E-state index is 0.643. The van der Waals surface area contributed by atoms with Crippen molar-refractivity contribution < 1.29 is 0 Å². The van der Waals surface area contributed by atoms with Crippen molar-refractivity contribution in [3.63, 3.8) is 0 Å². The minimum Gasteiger partial charge on any atom is -0.397 e. The first-order chi connectivity index (χ1) is 7.16. The third-order valence-electron chi connectivity index (χ3n) is 3.13. The van der Waals surface area contributed by atoms with Gasteiger partial charge in [0.15, 0.2) is 0 Å². The average molecular weight is 225 g/mol. The summed E-state index contributed by atoms with van der Waals surface area (Å²) in [6.45, 7) is 4.57. The van der Waals surface area contributed by atoms with Crippen molar-refractivity contribution in [3.8, 4) is 0 Å². The topological polar surface area (TPSA) is 29.3 Å². The summed E-state index contributed by atoms with van der Waals surface area (Å²) in [5, 5.41) is 0.643. The predicted octanol–water partition coefficient (Wildman–Crippen LogP) is 3.16. The van der Waals surface area contributed by atoms with Gasteiger partial charge in [-0.05, 0) is 37.0 Å². The Bertz CT molecular complexity index is 343. The summed E-state index contributed by atoms with van der Waals surface area (Å²) in [7, 11) is 0. The van der Waals surface area contributed by atoms with E-state index in [1.165, 1.54) is 18.5 Å². The van der Waals surface area contributed by atoms with Gasteiger partial charge in [0.2, 0.25) is 0 Å². The first-order valence-electron chi connectivity index (χ1n) is 5.47. The van der Waals surface area contributed by atoms with Crippen LogP contribution in [-0.2, 0) is 0 Å². The number of rotatable bonds is 1. The molecule has 2 N–H and O–H groups in total. The van der Waals surface area contributed by atoms with Crippen LogP contribution in [0.5, 0.6) is 0 Å². The van der Waals surface area contributed by atoms with Crippen LogP contribution >= 0.6 is 11.6 Å². The van der Waals surface area contributed by atoms with Crippen LogP contribution in [0.3, 0.4) is 0 Å². The Kier molecular flexibility index (Phi) is 3.06. The van der Waals surface area contributed by atoms with Crippen molar-refractivity contribution in [1.82, 2.24) is 0 Å². The summed E-state index contributed by atoms with van der Waals surface area (Å²) in [6, 6.07) is 5.90. The highest BCUT2D eigenvalue weighted by Gasteiger charge is 2.16. The van der Waals surface area contributed by atoms with Gasteiger partial charge in [0.05, 0.1) is 10.7 Å². The quantitative estimate of drug-likeness (QED) is 0.743. The van der Waals surface area contributed by atoms with Crippen LogP contribution in [0.1, 0.15) is 19.8 Å². The highest BCUT2D eigenvalue weighted by molar-refractivity contribution is 6.33. The Labute approximate surface area is 96.0 Å². The van der Waals surface area contributed by atoms with Gasteiger partial charge >= 0.3 is 0 Å². The molecule has 3 heteroatoms. The van der Waals surface area contributed by atoms with E-state index in [4.69, 9.17) is 17.3 Å². The van der Waals surface area contributed by atoms with Crippen molar-refractivity contribution in [3.05, 3.63) is 23.2 Å². The van der Waals surface area contributed by atoms with Crippen LogP contribution in [0.15, 0.2) is 18.2 Å². The molecule has 0 saturated carbocycles. The number of hydrogen-bond acceptors (Lipinski definition) is 2. The Morgan fingerprint density at radius 2 is 2.00 bits per heavy atom. The molecule has 0 amide bonds. The molecule has 1 heterocycles. The zero-order chi connectivity index (χ0) is 10.8. The molecule has 1 aromatic rings. The molecule has 0 unspecified atom stereocenters. The SMILES string of the molecule is CC1CCN(c2ccc(Cl)c(N)c2)CC1. The summed E-state index contributed by atoms with van der Waals surface area (Å²) >= 11 is 5.90. The second kappa shape index (κ2) is 4.31. The second-order valence-electron chi connectivity index (χ2n) is 4.38. The molecule has 15 heavy (non-hydrogen) atoms. The monoisotopic (exact) mass is 224 g/mol. The molecule has 0 bridgehead atoms. The van der Waals surface area contributed by atoms with E-state index in [1.807, 2.05) is 12.1 Å². The van der Waals surface area contributed by atoms with Gasteiger partial charge in [-0.25, -0.2) is 0 Å². The first kappa shape index (κ1) is 10.6. The Hall–Kier alpha value is -0.890. The largest absolute Gasteiger partial charge is 0.397 e. The third-order valence-corrected chi connectivity index (χ3v) is 3.47. The van der Waals surface area contributed by atoms with Gasteiger partial charge in [-0.2, -0.15) is 0 Å². The van der Waals surface area contributed by atoms with Crippen LogP contribution in [0.25, 0.3) is 0 Å². The van der Waals surface area contributed by atoms with Gasteiger partial charge in [-0.15, -0.1) is 0 Å². The highest BCUT2D eigenvalue weighted by Crippen LogP contribution is 2.28. The van der Waals surface area contributed by atoms with E-state index in [0.717, 1.165) is 19.0 Å². The number of benzene rings is 1. The fraction of sp³-hybridized carbons (Fsp3) is 0.500. The smallest absolute Gasteiger partial charge is 0.0636 e. The summed E-state index contributed by atoms with van der Waals surface area (Å²) in [5.41, 5.74) is 7.67.